The highest BCUT2D eigenvalue weighted by atomic mass is 19.1. The highest BCUT2D eigenvalue weighted by Crippen LogP contribution is 2.31. The zero-order chi connectivity index (χ0) is 28.5. The standard InChI is InChI=1S/C30H32FN3O6/c1-39-28-18-25(15-16-26(28)34(37)38)40-20-29(35)33(19-22-11-13-23(31)14-12-22)27(17-21-7-3-2-4-8-21)30(36)32-24-9-5-6-10-24/h2-4,7-8,11-16,18,24,27H,5-6,9-10,17,19-20H2,1H3,(H,32,36)/t27-/m1/s1. The number of benzene rings is 3. The molecule has 0 aromatic heterocycles. The van der Waals surface area contributed by atoms with E-state index in [0.29, 0.717) is 5.56 Å². The lowest BCUT2D eigenvalue weighted by molar-refractivity contribution is -0.385. The maximum Gasteiger partial charge on any atom is 0.311 e. The molecule has 3 aromatic carbocycles. The molecule has 1 fully saturated rings. The van der Waals surface area contributed by atoms with E-state index in [2.05, 4.69) is 5.32 Å². The van der Waals surface area contributed by atoms with E-state index in [0.717, 1.165) is 31.2 Å². The third-order valence-electron chi connectivity index (χ3n) is 6.95. The number of amides is 2. The maximum absolute atomic E-state index is 13.7. The minimum atomic E-state index is -0.851. The average molecular weight is 550 g/mol. The highest BCUT2D eigenvalue weighted by molar-refractivity contribution is 5.88. The Morgan fingerprint density at radius 1 is 1.05 bits per heavy atom. The van der Waals surface area contributed by atoms with Crippen LogP contribution >= 0.6 is 0 Å². The molecular weight excluding hydrogens is 517 g/mol. The van der Waals surface area contributed by atoms with Gasteiger partial charge in [0.1, 0.15) is 17.6 Å². The minimum absolute atomic E-state index is 0.00369. The molecule has 1 aliphatic rings. The van der Waals surface area contributed by atoms with Crippen molar-refractivity contribution in [2.75, 3.05) is 13.7 Å². The third-order valence-corrected chi connectivity index (χ3v) is 6.95. The number of hydrogen-bond acceptors (Lipinski definition) is 6. The first kappa shape index (κ1) is 28.5. The first-order valence-electron chi connectivity index (χ1n) is 13.2. The van der Waals surface area contributed by atoms with Gasteiger partial charge >= 0.3 is 5.69 Å². The number of halogens is 1. The number of nitro benzene ring substituents is 1. The molecule has 1 atom stereocenters. The van der Waals surface area contributed by atoms with Gasteiger partial charge in [0.15, 0.2) is 6.61 Å². The number of nitrogens with zero attached hydrogens (tertiary/aromatic N) is 2. The van der Waals surface area contributed by atoms with Crippen molar-refractivity contribution < 1.29 is 28.4 Å². The molecule has 0 bridgehead atoms. The van der Waals surface area contributed by atoms with Crippen molar-refractivity contribution in [2.45, 2.75) is 50.7 Å². The Balaban J connectivity index is 1.61. The summed E-state index contributed by atoms with van der Waals surface area (Å²) in [7, 11) is 1.30. The van der Waals surface area contributed by atoms with Crippen LogP contribution in [0.3, 0.4) is 0 Å². The van der Waals surface area contributed by atoms with Gasteiger partial charge in [-0.3, -0.25) is 19.7 Å². The molecule has 3 aromatic rings. The Hall–Kier alpha value is -4.47. The molecule has 1 saturated carbocycles. The molecule has 40 heavy (non-hydrogen) atoms. The third kappa shape index (κ3) is 7.56. The molecule has 4 rings (SSSR count). The summed E-state index contributed by atoms with van der Waals surface area (Å²) in [5.41, 5.74) is 1.30. The summed E-state index contributed by atoms with van der Waals surface area (Å²) in [4.78, 5) is 39.5. The average Bonchev–Trinajstić information content (AvgIpc) is 3.47. The zero-order valence-corrected chi connectivity index (χ0v) is 22.3. The number of nitro groups is 1. The van der Waals surface area contributed by atoms with Crippen molar-refractivity contribution in [3.63, 3.8) is 0 Å². The zero-order valence-electron chi connectivity index (χ0n) is 22.3. The van der Waals surface area contributed by atoms with Gasteiger partial charge in [-0.15, -0.1) is 0 Å². The molecule has 10 heteroatoms. The van der Waals surface area contributed by atoms with Crippen LogP contribution in [0.4, 0.5) is 10.1 Å². The first-order valence-corrected chi connectivity index (χ1v) is 13.2. The summed E-state index contributed by atoms with van der Waals surface area (Å²) in [6.45, 7) is -0.369. The Labute approximate surface area is 232 Å². The van der Waals surface area contributed by atoms with Crippen molar-refractivity contribution in [3.8, 4) is 11.5 Å². The minimum Gasteiger partial charge on any atom is -0.490 e. The molecule has 9 nitrogen and oxygen atoms in total. The fraction of sp³-hybridized carbons (Fsp3) is 0.333. The largest absolute Gasteiger partial charge is 0.490 e. The SMILES string of the molecule is COc1cc(OCC(=O)N(Cc2ccc(F)cc2)[C@H](Cc2ccccc2)C(=O)NC2CCCC2)ccc1[N+](=O)[O-]. The molecule has 0 saturated heterocycles. The lowest BCUT2D eigenvalue weighted by atomic mass is 10.0. The number of nitrogens with one attached hydrogen (secondary N) is 1. The first-order chi connectivity index (χ1) is 19.3. The van der Waals surface area contributed by atoms with Crippen LogP contribution in [0.25, 0.3) is 0 Å². The Morgan fingerprint density at radius 3 is 2.40 bits per heavy atom. The van der Waals surface area contributed by atoms with E-state index in [1.807, 2.05) is 30.3 Å². The second kappa shape index (κ2) is 13.5. The molecule has 0 unspecified atom stereocenters. The number of carbonyl (C=O) groups excluding carboxylic acids is 2. The van der Waals surface area contributed by atoms with Crippen LogP contribution in [0, 0.1) is 15.9 Å². The van der Waals surface area contributed by atoms with Crippen molar-refractivity contribution >= 4 is 17.5 Å². The summed E-state index contributed by atoms with van der Waals surface area (Å²) in [6.07, 6.45) is 4.14. The van der Waals surface area contributed by atoms with Gasteiger partial charge in [0.2, 0.25) is 11.7 Å². The van der Waals surface area contributed by atoms with E-state index in [1.165, 1.54) is 42.3 Å². The highest BCUT2D eigenvalue weighted by Gasteiger charge is 2.32. The van der Waals surface area contributed by atoms with Crippen molar-refractivity contribution in [2.24, 2.45) is 0 Å². The van der Waals surface area contributed by atoms with E-state index in [4.69, 9.17) is 9.47 Å². The molecule has 1 aliphatic carbocycles. The molecule has 0 radical (unpaired) electrons. The smallest absolute Gasteiger partial charge is 0.311 e. The molecule has 1 N–H and O–H groups in total. The summed E-state index contributed by atoms with van der Waals surface area (Å²) < 4.78 is 24.4. The van der Waals surface area contributed by atoms with Gasteiger partial charge in [0.05, 0.1) is 12.0 Å². The predicted molar refractivity (Wildman–Crippen MR) is 146 cm³/mol. The second-order valence-electron chi connectivity index (χ2n) is 9.72. The topological polar surface area (TPSA) is 111 Å². The number of rotatable bonds is 12. The second-order valence-corrected chi connectivity index (χ2v) is 9.72. The van der Waals surface area contributed by atoms with Crippen molar-refractivity contribution in [3.05, 3.63) is 99.9 Å². The van der Waals surface area contributed by atoms with Crippen LogP contribution in [0.15, 0.2) is 72.8 Å². The molecule has 210 valence electrons. The monoisotopic (exact) mass is 549 g/mol. The van der Waals surface area contributed by atoms with Gasteiger partial charge in [0, 0.05) is 31.1 Å². The van der Waals surface area contributed by atoms with Gasteiger partial charge < -0.3 is 19.7 Å². The Morgan fingerprint density at radius 2 is 1.75 bits per heavy atom. The van der Waals surface area contributed by atoms with Crippen molar-refractivity contribution in [1.29, 1.82) is 0 Å². The van der Waals surface area contributed by atoms with Gasteiger partial charge in [-0.25, -0.2) is 4.39 Å². The number of carbonyl (C=O) groups is 2. The van der Waals surface area contributed by atoms with Crippen LogP contribution < -0.4 is 14.8 Å². The van der Waals surface area contributed by atoms with Gasteiger partial charge in [0.25, 0.3) is 5.91 Å². The molecule has 2 amide bonds. The summed E-state index contributed by atoms with van der Waals surface area (Å²) >= 11 is 0. The van der Waals surface area contributed by atoms with Crippen molar-refractivity contribution in [1.82, 2.24) is 10.2 Å². The van der Waals surface area contributed by atoms with E-state index in [9.17, 15) is 24.1 Å². The quantitative estimate of drug-likeness (QED) is 0.256. The number of ether oxygens (including phenoxy) is 2. The van der Waals surface area contributed by atoms with Crippen LogP contribution in [-0.4, -0.2) is 47.4 Å². The number of methoxy groups -OCH3 is 1. The predicted octanol–water partition coefficient (Wildman–Crippen LogP) is 4.82. The van der Waals surface area contributed by atoms with E-state index < -0.39 is 29.3 Å². The van der Waals surface area contributed by atoms with Crippen LogP contribution in [-0.2, 0) is 22.6 Å². The fourth-order valence-electron chi connectivity index (χ4n) is 4.83. The van der Waals surface area contributed by atoms with Gasteiger partial charge in [-0.1, -0.05) is 55.3 Å². The Kier molecular flexibility index (Phi) is 9.66. The van der Waals surface area contributed by atoms with Crippen LogP contribution in [0.1, 0.15) is 36.8 Å². The molecular formula is C30H32FN3O6. The lowest BCUT2D eigenvalue weighted by Gasteiger charge is -2.32. The molecule has 0 heterocycles. The van der Waals surface area contributed by atoms with Crippen LogP contribution in [0.5, 0.6) is 11.5 Å². The van der Waals surface area contributed by atoms with Crippen LogP contribution in [0.2, 0.25) is 0 Å². The summed E-state index contributed by atoms with van der Waals surface area (Å²) in [5, 5.41) is 14.3. The maximum atomic E-state index is 13.7. The fourth-order valence-corrected chi connectivity index (χ4v) is 4.83. The van der Waals surface area contributed by atoms with Gasteiger partial charge in [-0.2, -0.15) is 0 Å². The van der Waals surface area contributed by atoms with E-state index >= 15 is 0 Å². The number of hydrogen-bond donors (Lipinski definition) is 1. The molecule has 0 aliphatic heterocycles. The summed E-state index contributed by atoms with van der Waals surface area (Å²) in [5.74, 6) is -0.937. The lowest BCUT2D eigenvalue weighted by Crippen LogP contribution is -2.53. The van der Waals surface area contributed by atoms with Gasteiger partial charge in [-0.05, 0) is 42.2 Å². The van der Waals surface area contributed by atoms with E-state index in [1.54, 1.807) is 12.1 Å². The van der Waals surface area contributed by atoms with E-state index in [-0.39, 0.29) is 42.1 Å². The summed E-state index contributed by atoms with van der Waals surface area (Å²) in [6, 6.07) is 18.4. The Bertz CT molecular complexity index is 1310. The molecule has 0 spiro atoms. The normalized spacial score (nSPS) is 13.8.